The van der Waals surface area contributed by atoms with Crippen molar-refractivity contribution >= 4 is 17.4 Å². The first kappa shape index (κ1) is 19.4. The largest absolute Gasteiger partial charge is 0.366 e. The number of hydrogen-bond donors (Lipinski definition) is 3. The van der Waals surface area contributed by atoms with Crippen molar-refractivity contribution in [3.63, 3.8) is 0 Å². The van der Waals surface area contributed by atoms with Gasteiger partial charge in [0.1, 0.15) is 5.82 Å². The van der Waals surface area contributed by atoms with E-state index in [-0.39, 0.29) is 0 Å². The minimum Gasteiger partial charge on any atom is -0.366 e. The highest BCUT2D eigenvalue weighted by Gasteiger charge is 2.19. The van der Waals surface area contributed by atoms with Crippen LogP contribution in [0.25, 0.3) is 16.9 Å². The average molecular weight is 419 g/mol. The second-order valence-corrected chi connectivity index (χ2v) is 8.06. The molecule has 10 heteroatoms. The van der Waals surface area contributed by atoms with E-state index in [1.54, 1.807) is 23.3 Å². The molecule has 1 aliphatic carbocycles. The summed E-state index contributed by atoms with van der Waals surface area (Å²) in [6.45, 7) is 0.617. The zero-order chi connectivity index (χ0) is 21.2. The summed E-state index contributed by atoms with van der Waals surface area (Å²) < 4.78 is 3.60. The first-order valence-electron chi connectivity index (χ1n) is 10.5. The fourth-order valence-corrected chi connectivity index (χ4v) is 3.92. The quantitative estimate of drug-likeness (QED) is 0.435. The maximum atomic E-state index is 6.02. The molecular weight excluding hydrogens is 392 g/mol. The molecule has 4 aromatic rings. The summed E-state index contributed by atoms with van der Waals surface area (Å²) in [6, 6.07) is 4.68. The minimum atomic E-state index is 0.329. The van der Waals surface area contributed by atoms with Gasteiger partial charge in [-0.2, -0.15) is 5.10 Å². The fourth-order valence-electron chi connectivity index (χ4n) is 3.92. The molecular formula is C21H26N10. The lowest BCUT2D eigenvalue weighted by Gasteiger charge is -2.27. The Morgan fingerprint density at radius 2 is 1.84 bits per heavy atom. The zero-order valence-electron chi connectivity index (χ0n) is 17.4. The minimum absolute atomic E-state index is 0.329. The van der Waals surface area contributed by atoms with Crippen LogP contribution in [0.4, 0.5) is 11.8 Å². The van der Waals surface area contributed by atoms with Crippen molar-refractivity contribution in [3.8, 4) is 11.3 Å². The highest BCUT2D eigenvalue weighted by Crippen LogP contribution is 2.23. The van der Waals surface area contributed by atoms with Crippen LogP contribution in [-0.2, 0) is 13.6 Å². The fraction of sp³-hybridized carbons (Fsp3) is 0.381. The van der Waals surface area contributed by atoms with E-state index in [9.17, 15) is 0 Å². The molecule has 0 saturated heterocycles. The molecule has 1 aliphatic rings. The number of nitrogens with one attached hydrogen (secondary N) is 2. The first-order valence-corrected chi connectivity index (χ1v) is 10.5. The summed E-state index contributed by atoms with van der Waals surface area (Å²) in [5, 5.41) is 15.7. The number of rotatable bonds is 6. The van der Waals surface area contributed by atoms with Crippen molar-refractivity contribution in [3.05, 3.63) is 48.7 Å². The van der Waals surface area contributed by atoms with Gasteiger partial charge in [-0.3, -0.25) is 4.68 Å². The smallest absolute Gasteiger partial charge is 0.222 e. The van der Waals surface area contributed by atoms with Crippen LogP contribution >= 0.6 is 0 Å². The van der Waals surface area contributed by atoms with Gasteiger partial charge in [0.25, 0.3) is 0 Å². The third-order valence-corrected chi connectivity index (χ3v) is 5.64. The van der Waals surface area contributed by atoms with E-state index in [2.05, 4.69) is 30.7 Å². The predicted octanol–water partition coefficient (Wildman–Crippen LogP) is 2.21. The molecule has 5 rings (SSSR count). The predicted molar refractivity (Wildman–Crippen MR) is 118 cm³/mol. The summed E-state index contributed by atoms with van der Waals surface area (Å²) in [6.07, 6.45) is 13.4. The van der Waals surface area contributed by atoms with Crippen LogP contribution in [0.15, 0.2) is 43.1 Å². The monoisotopic (exact) mass is 418 g/mol. The van der Waals surface area contributed by atoms with Gasteiger partial charge >= 0.3 is 0 Å². The summed E-state index contributed by atoms with van der Waals surface area (Å²) in [5.74, 6) is 1.40. The van der Waals surface area contributed by atoms with Crippen molar-refractivity contribution in [2.75, 3.05) is 10.6 Å². The van der Waals surface area contributed by atoms with Crippen molar-refractivity contribution in [2.45, 2.75) is 44.3 Å². The van der Waals surface area contributed by atoms with E-state index < -0.39 is 0 Å². The number of nitrogens with two attached hydrogens (primary N) is 1. The van der Waals surface area contributed by atoms with E-state index >= 15 is 0 Å². The Hall–Kier alpha value is -3.53. The van der Waals surface area contributed by atoms with Gasteiger partial charge in [0.15, 0.2) is 5.65 Å². The van der Waals surface area contributed by atoms with Crippen LogP contribution in [0.5, 0.6) is 0 Å². The lowest BCUT2D eigenvalue weighted by molar-refractivity contribution is 0.410. The number of aryl methyl sites for hydroxylation is 1. The lowest BCUT2D eigenvalue weighted by atomic mass is 9.92. The number of anilines is 2. The number of fused-ring (bicyclic) bond motifs is 1. The Balaban J connectivity index is 1.31. The van der Waals surface area contributed by atoms with Gasteiger partial charge in [-0.05, 0) is 37.8 Å². The third kappa shape index (κ3) is 4.33. The van der Waals surface area contributed by atoms with Crippen molar-refractivity contribution in [1.82, 2.24) is 34.3 Å². The highest BCUT2D eigenvalue weighted by atomic mass is 15.3. The molecule has 0 unspecified atom stereocenters. The molecule has 31 heavy (non-hydrogen) atoms. The van der Waals surface area contributed by atoms with E-state index in [4.69, 9.17) is 10.8 Å². The molecule has 160 valence electrons. The van der Waals surface area contributed by atoms with E-state index in [1.165, 1.54) is 0 Å². The SMILES string of the molecule is Cn1cc(CNc2ncc(-c3cnc4ccc(N[C@H]5CC[C@H](N)CC5)nn34)cn2)cn1. The Bertz CT molecular complexity index is 1150. The van der Waals surface area contributed by atoms with Gasteiger partial charge in [-0.1, -0.05) is 0 Å². The van der Waals surface area contributed by atoms with E-state index in [1.807, 2.05) is 36.1 Å². The summed E-state index contributed by atoms with van der Waals surface area (Å²) in [4.78, 5) is 13.4. The maximum Gasteiger partial charge on any atom is 0.222 e. The zero-order valence-corrected chi connectivity index (χ0v) is 17.4. The highest BCUT2D eigenvalue weighted by molar-refractivity contribution is 5.62. The normalized spacial score (nSPS) is 18.9. The molecule has 1 saturated carbocycles. The molecule has 10 nitrogen and oxygen atoms in total. The van der Waals surface area contributed by atoms with Crippen LogP contribution < -0.4 is 16.4 Å². The van der Waals surface area contributed by atoms with Crippen LogP contribution in [0.3, 0.4) is 0 Å². The Kier molecular flexibility index (Phi) is 5.21. The van der Waals surface area contributed by atoms with Crippen molar-refractivity contribution in [1.29, 1.82) is 0 Å². The Labute approximate surface area is 179 Å². The topological polar surface area (TPSA) is 124 Å². The van der Waals surface area contributed by atoms with E-state index in [0.717, 1.165) is 54.0 Å². The van der Waals surface area contributed by atoms with Gasteiger partial charge in [0.05, 0.1) is 18.1 Å². The second kappa shape index (κ2) is 8.31. The van der Waals surface area contributed by atoms with Crippen LogP contribution in [0, 0.1) is 0 Å². The Morgan fingerprint density at radius 3 is 2.58 bits per heavy atom. The standard InChI is InChI=1S/C21H26N10/c1-30-13-14(9-27-30)8-24-21-25-10-15(11-26-21)18-12-23-20-7-6-19(29-31(18)20)28-17-4-2-16(22)3-5-17/h6-7,9-13,16-17H,2-5,8,22H2,1H3,(H,28,29)(H,24,25,26)/t16-,17-. The van der Waals surface area contributed by atoms with E-state index in [0.29, 0.717) is 24.6 Å². The first-order chi connectivity index (χ1) is 15.1. The van der Waals surface area contributed by atoms with Gasteiger partial charge < -0.3 is 16.4 Å². The van der Waals surface area contributed by atoms with Gasteiger partial charge in [0, 0.05) is 55.4 Å². The maximum absolute atomic E-state index is 6.02. The molecule has 0 aromatic carbocycles. The number of aromatic nitrogens is 7. The summed E-state index contributed by atoms with van der Waals surface area (Å²) in [5.41, 5.74) is 9.58. The van der Waals surface area contributed by atoms with Crippen molar-refractivity contribution < 1.29 is 0 Å². The molecule has 0 aliphatic heterocycles. The third-order valence-electron chi connectivity index (χ3n) is 5.64. The molecule has 4 heterocycles. The molecule has 0 amide bonds. The molecule has 4 aromatic heterocycles. The second-order valence-electron chi connectivity index (χ2n) is 8.06. The molecule has 0 spiro atoms. The van der Waals surface area contributed by atoms with Crippen LogP contribution in [-0.4, -0.2) is 46.4 Å². The molecule has 0 bridgehead atoms. The Morgan fingerprint density at radius 1 is 1.03 bits per heavy atom. The van der Waals surface area contributed by atoms with Gasteiger partial charge in [-0.15, -0.1) is 5.10 Å². The molecule has 0 atom stereocenters. The average Bonchev–Trinajstić information content (AvgIpc) is 3.40. The number of hydrogen-bond acceptors (Lipinski definition) is 8. The molecule has 0 radical (unpaired) electrons. The van der Waals surface area contributed by atoms with Crippen molar-refractivity contribution in [2.24, 2.45) is 12.8 Å². The summed E-state index contributed by atoms with van der Waals surface area (Å²) >= 11 is 0. The van der Waals surface area contributed by atoms with Gasteiger partial charge in [-0.25, -0.2) is 19.5 Å². The van der Waals surface area contributed by atoms with Gasteiger partial charge in [0.2, 0.25) is 5.95 Å². The summed E-state index contributed by atoms with van der Waals surface area (Å²) in [7, 11) is 1.89. The van der Waals surface area contributed by atoms with Crippen LogP contribution in [0.1, 0.15) is 31.2 Å². The molecule has 4 N–H and O–H groups in total. The number of nitrogens with zero attached hydrogens (tertiary/aromatic N) is 7. The molecule has 1 fully saturated rings. The lowest BCUT2D eigenvalue weighted by Crippen LogP contribution is -2.33. The van der Waals surface area contributed by atoms with Crippen LogP contribution in [0.2, 0.25) is 0 Å². The number of imidazole rings is 1.